The van der Waals surface area contributed by atoms with Crippen LogP contribution in [0.2, 0.25) is 0 Å². The van der Waals surface area contributed by atoms with Crippen LogP contribution >= 0.6 is 0 Å². The third-order valence-corrected chi connectivity index (χ3v) is 2.84. The molecule has 0 aromatic carbocycles. The second-order valence-corrected chi connectivity index (χ2v) is 3.79. The van der Waals surface area contributed by atoms with Gasteiger partial charge in [-0.2, -0.15) is 5.10 Å². The minimum absolute atomic E-state index is 0.811. The molecule has 2 N–H and O–H groups in total. The third-order valence-electron chi connectivity index (χ3n) is 2.84. The van der Waals surface area contributed by atoms with Crippen molar-refractivity contribution in [1.29, 1.82) is 0 Å². The molecule has 13 heavy (non-hydrogen) atoms. The van der Waals surface area contributed by atoms with Crippen molar-refractivity contribution in [3.63, 3.8) is 0 Å². The van der Waals surface area contributed by atoms with E-state index in [0.29, 0.717) is 0 Å². The fourth-order valence-corrected chi connectivity index (χ4v) is 2.00. The van der Waals surface area contributed by atoms with E-state index in [-0.39, 0.29) is 0 Å². The molecule has 1 aromatic heterocycles. The van der Waals surface area contributed by atoms with E-state index in [0.717, 1.165) is 18.8 Å². The van der Waals surface area contributed by atoms with E-state index in [4.69, 9.17) is 0 Å². The monoisotopic (exact) mass is 179 g/mol. The summed E-state index contributed by atoms with van der Waals surface area (Å²) in [4.78, 5) is 0. The molecule has 0 spiro atoms. The Bertz CT molecular complexity index is 261. The Morgan fingerprint density at radius 2 is 2.54 bits per heavy atom. The van der Waals surface area contributed by atoms with Crippen LogP contribution in [0.5, 0.6) is 0 Å². The molecule has 1 saturated heterocycles. The van der Waals surface area contributed by atoms with Crippen molar-refractivity contribution in [3.8, 4) is 0 Å². The van der Waals surface area contributed by atoms with Gasteiger partial charge in [0, 0.05) is 5.69 Å². The second-order valence-electron chi connectivity index (χ2n) is 3.79. The Morgan fingerprint density at radius 1 is 1.62 bits per heavy atom. The molecule has 1 aromatic rings. The average molecular weight is 179 g/mol. The van der Waals surface area contributed by atoms with Gasteiger partial charge in [-0.3, -0.25) is 5.10 Å². The normalized spacial score (nSPS) is 22.4. The fraction of sp³-hybridized carbons (Fsp3) is 0.700. The van der Waals surface area contributed by atoms with Gasteiger partial charge in [-0.25, -0.2) is 0 Å². The van der Waals surface area contributed by atoms with Crippen molar-refractivity contribution < 1.29 is 0 Å². The molecule has 72 valence electrons. The van der Waals surface area contributed by atoms with Gasteiger partial charge in [-0.05, 0) is 43.8 Å². The van der Waals surface area contributed by atoms with Crippen molar-refractivity contribution in [3.05, 3.63) is 17.5 Å². The minimum atomic E-state index is 0.811. The van der Waals surface area contributed by atoms with Crippen LogP contribution in [-0.2, 0) is 12.8 Å². The number of hydrogen-bond donors (Lipinski definition) is 2. The van der Waals surface area contributed by atoms with Crippen molar-refractivity contribution >= 4 is 0 Å². The lowest BCUT2D eigenvalue weighted by atomic mass is 10.00. The average Bonchev–Trinajstić information content (AvgIpc) is 2.76. The van der Waals surface area contributed by atoms with Crippen molar-refractivity contribution in [1.82, 2.24) is 15.5 Å². The van der Waals surface area contributed by atoms with Gasteiger partial charge >= 0.3 is 0 Å². The quantitative estimate of drug-likeness (QED) is 0.730. The highest BCUT2D eigenvalue weighted by atomic mass is 15.1. The van der Waals surface area contributed by atoms with E-state index in [9.17, 15) is 0 Å². The van der Waals surface area contributed by atoms with Gasteiger partial charge in [0.25, 0.3) is 0 Å². The number of rotatable bonds is 3. The van der Waals surface area contributed by atoms with E-state index in [1.807, 2.05) is 6.20 Å². The van der Waals surface area contributed by atoms with Gasteiger partial charge in [-0.1, -0.05) is 6.92 Å². The van der Waals surface area contributed by atoms with Gasteiger partial charge in [-0.15, -0.1) is 0 Å². The zero-order valence-corrected chi connectivity index (χ0v) is 8.14. The van der Waals surface area contributed by atoms with Crippen LogP contribution < -0.4 is 5.32 Å². The molecule has 0 radical (unpaired) electrons. The first-order valence-corrected chi connectivity index (χ1v) is 5.12. The lowest BCUT2D eigenvalue weighted by molar-refractivity contribution is 0.568. The van der Waals surface area contributed by atoms with E-state index >= 15 is 0 Å². The van der Waals surface area contributed by atoms with E-state index in [1.165, 1.54) is 30.8 Å². The number of H-pyrrole nitrogens is 1. The smallest absolute Gasteiger partial charge is 0.0522 e. The molecule has 0 aliphatic carbocycles. The molecule has 3 nitrogen and oxygen atoms in total. The molecule has 1 unspecified atom stereocenters. The van der Waals surface area contributed by atoms with Crippen molar-refractivity contribution in [2.24, 2.45) is 5.92 Å². The van der Waals surface area contributed by atoms with Crippen molar-refractivity contribution in [2.45, 2.75) is 26.2 Å². The maximum atomic E-state index is 4.09. The molecular formula is C10H17N3. The first kappa shape index (κ1) is 8.75. The lowest BCUT2D eigenvalue weighted by Gasteiger charge is -2.07. The Labute approximate surface area is 78.9 Å². The number of nitrogens with one attached hydrogen (secondary N) is 2. The minimum Gasteiger partial charge on any atom is -0.316 e. The van der Waals surface area contributed by atoms with Gasteiger partial charge in [0.15, 0.2) is 0 Å². The molecule has 1 aliphatic heterocycles. The Balaban J connectivity index is 1.99. The van der Waals surface area contributed by atoms with Gasteiger partial charge < -0.3 is 5.32 Å². The number of nitrogens with zero attached hydrogens (tertiary/aromatic N) is 1. The number of aromatic amines is 1. The summed E-state index contributed by atoms with van der Waals surface area (Å²) in [6.07, 6.45) is 5.52. The van der Waals surface area contributed by atoms with Crippen LogP contribution in [0.25, 0.3) is 0 Å². The Hall–Kier alpha value is -0.830. The molecule has 0 saturated carbocycles. The summed E-state index contributed by atoms with van der Waals surface area (Å²) < 4.78 is 0. The predicted octanol–water partition coefficient (Wildman–Crippen LogP) is 1.12. The van der Waals surface area contributed by atoms with Crippen LogP contribution in [0.4, 0.5) is 0 Å². The van der Waals surface area contributed by atoms with E-state index in [2.05, 4.69) is 22.4 Å². The van der Waals surface area contributed by atoms with Gasteiger partial charge in [0.1, 0.15) is 0 Å². The van der Waals surface area contributed by atoms with Crippen molar-refractivity contribution in [2.75, 3.05) is 13.1 Å². The molecule has 2 rings (SSSR count). The summed E-state index contributed by atoms with van der Waals surface area (Å²) in [6, 6.07) is 0. The molecule has 1 atom stereocenters. The predicted molar refractivity (Wildman–Crippen MR) is 52.6 cm³/mol. The molecule has 0 bridgehead atoms. The molecule has 2 heterocycles. The highest BCUT2D eigenvalue weighted by Gasteiger charge is 2.16. The zero-order chi connectivity index (χ0) is 9.10. The van der Waals surface area contributed by atoms with Gasteiger partial charge in [0.05, 0.1) is 6.20 Å². The number of aryl methyl sites for hydroxylation is 1. The standard InChI is InChI=1S/C10H17N3/c1-2-9-7-12-13-10(9)5-8-3-4-11-6-8/h7-8,11H,2-6H2,1H3,(H,12,13). The first-order chi connectivity index (χ1) is 6.40. The summed E-state index contributed by atoms with van der Waals surface area (Å²) in [5, 5.41) is 10.6. The molecule has 0 amide bonds. The maximum absolute atomic E-state index is 4.09. The topological polar surface area (TPSA) is 40.7 Å². The highest BCUT2D eigenvalue weighted by molar-refractivity contribution is 5.16. The van der Waals surface area contributed by atoms with E-state index in [1.54, 1.807) is 0 Å². The molecule has 3 heteroatoms. The second kappa shape index (κ2) is 3.92. The summed E-state index contributed by atoms with van der Waals surface area (Å²) in [7, 11) is 0. The Kier molecular flexibility index (Phi) is 2.64. The number of hydrogen-bond acceptors (Lipinski definition) is 2. The summed E-state index contributed by atoms with van der Waals surface area (Å²) in [6.45, 7) is 4.53. The Morgan fingerprint density at radius 3 is 3.23 bits per heavy atom. The molecular weight excluding hydrogens is 162 g/mol. The largest absolute Gasteiger partial charge is 0.316 e. The SMILES string of the molecule is CCc1cn[nH]c1CC1CCNC1. The van der Waals surface area contributed by atoms with Crippen LogP contribution in [-0.4, -0.2) is 23.3 Å². The summed E-state index contributed by atoms with van der Waals surface area (Å²) in [5.41, 5.74) is 2.73. The summed E-state index contributed by atoms with van der Waals surface area (Å²) in [5.74, 6) is 0.811. The molecule has 1 aliphatic rings. The maximum Gasteiger partial charge on any atom is 0.0522 e. The number of aromatic nitrogens is 2. The first-order valence-electron chi connectivity index (χ1n) is 5.12. The van der Waals surface area contributed by atoms with Crippen LogP contribution in [0.1, 0.15) is 24.6 Å². The summed E-state index contributed by atoms with van der Waals surface area (Å²) >= 11 is 0. The van der Waals surface area contributed by atoms with Crippen LogP contribution in [0, 0.1) is 5.92 Å². The van der Waals surface area contributed by atoms with Crippen LogP contribution in [0.3, 0.4) is 0 Å². The van der Waals surface area contributed by atoms with Crippen LogP contribution in [0.15, 0.2) is 6.20 Å². The fourth-order valence-electron chi connectivity index (χ4n) is 2.00. The third kappa shape index (κ3) is 1.91. The highest BCUT2D eigenvalue weighted by Crippen LogP contribution is 2.16. The van der Waals surface area contributed by atoms with Gasteiger partial charge in [0.2, 0.25) is 0 Å². The molecule has 1 fully saturated rings. The zero-order valence-electron chi connectivity index (χ0n) is 8.14. The van der Waals surface area contributed by atoms with E-state index < -0.39 is 0 Å². The lowest BCUT2D eigenvalue weighted by Crippen LogP contribution is -2.11.